The molecule has 32 heavy (non-hydrogen) atoms. The van der Waals surface area contributed by atoms with E-state index in [9.17, 15) is 4.79 Å². The van der Waals surface area contributed by atoms with E-state index >= 15 is 0 Å². The number of hydrazone groups is 1. The lowest BCUT2D eigenvalue weighted by Crippen LogP contribution is -2.24. The molecule has 6 heteroatoms. The Balaban J connectivity index is 1.54. The fourth-order valence-electron chi connectivity index (χ4n) is 2.89. The summed E-state index contributed by atoms with van der Waals surface area (Å²) in [6, 6.07) is 21.2. The molecule has 0 unspecified atom stereocenters. The van der Waals surface area contributed by atoms with Gasteiger partial charge in [-0.15, -0.1) is 0 Å². The molecule has 1 N–H and O–H groups in total. The molecule has 0 atom stereocenters. The molecule has 0 aromatic heterocycles. The maximum absolute atomic E-state index is 12.0. The van der Waals surface area contributed by atoms with Gasteiger partial charge in [0.25, 0.3) is 5.91 Å². The third-order valence-corrected chi connectivity index (χ3v) is 4.76. The van der Waals surface area contributed by atoms with E-state index in [0.29, 0.717) is 30.5 Å². The van der Waals surface area contributed by atoms with Crippen LogP contribution in [0, 0.1) is 13.8 Å². The van der Waals surface area contributed by atoms with Crippen molar-refractivity contribution in [3.63, 3.8) is 0 Å². The van der Waals surface area contributed by atoms with E-state index in [1.807, 2.05) is 87.5 Å². The minimum atomic E-state index is -0.340. The Kier molecular flexibility index (Phi) is 8.26. The van der Waals surface area contributed by atoms with Crippen LogP contribution in [0.3, 0.4) is 0 Å². The van der Waals surface area contributed by atoms with E-state index < -0.39 is 0 Å². The Labute approximate surface area is 188 Å². The van der Waals surface area contributed by atoms with Crippen molar-refractivity contribution >= 4 is 12.1 Å². The number of hydrogen-bond acceptors (Lipinski definition) is 5. The highest BCUT2D eigenvalue weighted by atomic mass is 16.5. The van der Waals surface area contributed by atoms with Gasteiger partial charge in [0.2, 0.25) is 0 Å². The lowest BCUT2D eigenvalue weighted by molar-refractivity contribution is -0.123. The van der Waals surface area contributed by atoms with E-state index in [-0.39, 0.29) is 12.5 Å². The first-order valence-electron chi connectivity index (χ1n) is 10.5. The van der Waals surface area contributed by atoms with Gasteiger partial charge in [-0.25, -0.2) is 5.43 Å². The number of amides is 1. The van der Waals surface area contributed by atoms with Gasteiger partial charge < -0.3 is 14.2 Å². The molecule has 0 heterocycles. The van der Waals surface area contributed by atoms with Gasteiger partial charge in [0.15, 0.2) is 18.1 Å². The molecule has 0 fully saturated rings. The predicted molar refractivity (Wildman–Crippen MR) is 126 cm³/mol. The monoisotopic (exact) mass is 432 g/mol. The van der Waals surface area contributed by atoms with Gasteiger partial charge in [-0.3, -0.25) is 4.79 Å². The fraction of sp³-hybridized carbons (Fsp3) is 0.231. The van der Waals surface area contributed by atoms with Crippen molar-refractivity contribution in [1.29, 1.82) is 0 Å². The standard InChI is InChI=1S/C26H28N2O4/c1-4-30-25-15-22(11-13-24(25)32-17-21-8-6-5-7-9-21)16-27-28-26(29)18-31-23-12-10-19(2)20(3)14-23/h5-16H,4,17-18H2,1-3H3,(H,28,29). The molecule has 0 aliphatic carbocycles. The van der Waals surface area contributed by atoms with Crippen molar-refractivity contribution in [2.24, 2.45) is 5.10 Å². The average Bonchev–Trinajstić information content (AvgIpc) is 2.80. The zero-order valence-corrected chi connectivity index (χ0v) is 18.6. The summed E-state index contributed by atoms with van der Waals surface area (Å²) in [7, 11) is 0. The first kappa shape index (κ1) is 22.9. The third kappa shape index (κ3) is 6.87. The van der Waals surface area contributed by atoms with Crippen LogP contribution in [0.2, 0.25) is 0 Å². The van der Waals surface area contributed by atoms with Gasteiger partial charge >= 0.3 is 0 Å². The maximum Gasteiger partial charge on any atom is 0.277 e. The Hall–Kier alpha value is -3.80. The molecule has 0 radical (unpaired) electrons. The second-order valence-electron chi connectivity index (χ2n) is 7.24. The van der Waals surface area contributed by atoms with Gasteiger partial charge in [0, 0.05) is 0 Å². The summed E-state index contributed by atoms with van der Waals surface area (Å²) in [4.78, 5) is 12.0. The van der Waals surface area contributed by atoms with Gasteiger partial charge in [-0.05, 0) is 73.4 Å². The number of nitrogens with one attached hydrogen (secondary N) is 1. The molecule has 6 nitrogen and oxygen atoms in total. The SMILES string of the molecule is CCOc1cc(C=NNC(=O)COc2ccc(C)c(C)c2)ccc1OCc1ccccc1. The molecule has 0 bridgehead atoms. The molecule has 0 spiro atoms. The van der Waals surface area contributed by atoms with Crippen LogP contribution in [0.4, 0.5) is 0 Å². The zero-order valence-electron chi connectivity index (χ0n) is 18.6. The minimum absolute atomic E-state index is 0.115. The van der Waals surface area contributed by atoms with Gasteiger partial charge in [-0.2, -0.15) is 5.10 Å². The van der Waals surface area contributed by atoms with Gasteiger partial charge in [0.1, 0.15) is 12.4 Å². The third-order valence-electron chi connectivity index (χ3n) is 4.76. The van der Waals surface area contributed by atoms with E-state index in [4.69, 9.17) is 14.2 Å². The molecular weight excluding hydrogens is 404 g/mol. The van der Waals surface area contributed by atoms with E-state index in [1.54, 1.807) is 6.21 Å². The Bertz CT molecular complexity index is 1060. The molecule has 3 aromatic carbocycles. The van der Waals surface area contributed by atoms with Crippen LogP contribution in [-0.4, -0.2) is 25.3 Å². The summed E-state index contributed by atoms with van der Waals surface area (Å²) < 4.78 is 17.1. The normalized spacial score (nSPS) is 10.7. The summed E-state index contributed by atoms with van der Waals surface area (Å²) in [6.07, 6.45) is 1.55. The topological polar surface area (TPSA) is 69.2 Å². The van der Waals surface area contributed by atoms with Crippen molar-refractivity contribution in [3.8, 4) is 17.2 Å². The van der Waals surface area contributed by atoms with Crippen LogP contribution >= 0.6 is 0 Å². The highest BCUT2D eigenvalue weighted by Gasteiger charge is 2.07. The Morgan fingerprint density at radius 1 is 0.906 bits per heavy atom. The van der Waals surface area contributed by atoms with Crippen molar-refractivity contribution in [2.75, 3.05) is 13.2 Å². The fourth-order valence-corrected chi connectivity index (χ4v) is 2.89. The number of hydrogen-bond donors (Lipinski definition) is 1. The molecule has 166 valence electrons. The quantitative estimate of drug-likeness (QED) is 0.369. The molecule has 0 saturated heterocycles. The van der Waals surface area contributed by atoms with Gasteiger partial charge in [0.05, 0.1) is 12.8 Å². The Morgan fingerprint density at radius 2 is 1.72 bits per heavy atom. The number of rotatable bonds is 10. The zero-order chi connectivity index (χ0) is 22.8. The number of carbonyl (C=O) groups excluding carboxylic acids is 1. The molecule has 1 amide bonds. The Morgan fingerprint density at radius 3 is 2.47 bits per heavy atom. The van der Waals surface area contributed by atoms with E-state index in [1.165, 1.54) is 5.56 Å². The van der Waals surface area contributed by atoms with Crippen molar-refractivity contribution < 1.29 is 19.0 Å². The molecule has 0 aliphatic heterocycles. The first-order valence-corrected chi connectivity index (χ1v) is 10.5. The summed E-state index contributed by atoms with van der Waals surface area (Å²) >= 11 is 0. The van der Waals surface area contributed by atoms with E-state index in [0.717, 1.165) is 16.7 Å². The second kappa shape index (κ2) is 11.6. The lowest BCUT2D eigenvalue weighted by Gasteiger charge is -2.12. The highest BCUT2D eigenvalue weighted by molar-refractivity contribution is 5.83. The number of benzene rings is 3. The van der Waals surface area contributed by atoms with Crippen LogP contribution in [0.5, 0.6) is 17.2 Å². The summed E-state index contributed by atoms with van der Waals surface area (Å²) in [5, 5.41) is 4.01. The summed E-state index contributed by atoms with van der Waals surface area (Å²) in [6.45, 7) is 6.79. The van der Waals surface area contributed by atoms with Crippen LogP contribution in [0.25, 0.3) is 0 Å². The smallest absolute Gasteiger partial charge is 0.277 e. The molecule has 3 rings (SSSR count). The average molecular weight is 433 g/mol. The molecule has 0 saturated carbocycles. The largest absolute Gasteiger partial charge is 0.490 e. The van der Waals surface area contributed by atoms with Crippen LogP contribution in [0.1, 0.15) is 29.2 Å². The van der Waals surface area contributed by atoms with Crippen molar-refractivity contribution in [3.05, 3.63) is 89.0 Å². The number of nitrogens with zero attached hydrogens (tertiary/aromatic N) is 1. The summed E-state index contributed by atoms with van der Waals surface area (Å²) in [5.74, 6) is 1.59. The second-order valence-corrected chi connectivity index (χ2v) is 7.24. The first-order chi connectivity index (χ1) is 15.5. The van der Waals surface area contributed by atoms with Crippen molar-refractivity contribution in [2.45, 2.75) is 27.4 Å². The lowest BCUT2D eigenvalue weighted by atomic mass is 10.1. The summed E-state index contributed by atoms with van der Waals surface area (Å²) in [5.41, 5.74) is 6.61. The number of aryl methyl sites for hydroxylation is 2. The minimum Gasteiger partial charge on any atom is -0.490 e. The molecule has 0 aliphatic rings. The predicted octanol–water partition coefficient (Wildman–Crippen LogP) is 4.81. The highest BCUT2D eigenvalue weighted by Crippen LogP contribution is 2.29. The van der Waals surface area contributed by atoms with E-state index in [2.05, 4.69) is 10.5 Å². The number of carbonyl (C=O) groups is 1. The number of ether oxygens (including phenoxy) is 3. The van der Waals surface area contributed by atoms with Gasteiger partial charge in [-0.1, -0.05) is 36.4 Å². The molecular formula is C26H28N2O4. The van der Waals surface area contributed by atoms with Crippen LogP contribution < -0.4 is 19.6 Å². The van der Waals surface area contributed by atoms with Crippen molar-refractivity contribution in [1.82, 2.24) is 5.43 Å². The van der Waals surface area contributed by atoms with Crippen LogP contribution in [-0.2, 0) is 11.4 Å². The maximum atomic E-state index is 12.0. The molecule has 3 aromatic rings. The van der Waals surface area contributed by atoms with Crippen LogP contribution in [0.15, 0.2) is 71.8 Å².